The Bertz CT molecular complexity index is 1480. The van der Waals surface area contributed by atoms with Gasteiger partial charge in [-0.25, -0.2) is 13.8 Å². The Labute approximate surface area is 181 Å². The maximum absolute atomic E-state index is 14.1. The number of carbonyl (C=O) groups excluding carboxylic acids is 1. The van der Waals surface area contributed by atoms with E-state index in [9.17, 15) is 9.18 Å². The maximum Gasteiger partial charge on any atom is 0.418 e. The van der Waals surface area contributed by atoms with Gasteiger partial charge in [0.1, 0.15) is 23.0 Å². The number of hydrogen-bond donors (Lipinski definition) is 0. The summed E-state index contributed by atoms with van der Waals surface area (Å²) in [6.45, 7) is 1.93. The summed E-state index contributed by atoms with van der Waals surface area (Å²) < 4.78 is 33.1. The van der Waals surface area contributed by atoms with Crippen LogP contribution in [0.5, 0.6) is 5.75 Å². The number of hydrogen-bond acceptors (Lipinski definition) is 6. The van der Waals surface area contributed by atoms with Crippen LogP contribution in [0.4, 0.5) is 9.18 Å². The van der Waals surface area contributed by atoms with Gasteiger partial charge < -0.3 is 14.0 Å². The highest BCUT2D eigenvalue weighted by molar-refractivity contribution is 6.04. The van der Waals surface area contributed by atoms with Crippen molar-refractivity contribution < 1.29 is 23.3 Å². The summed E-state index contributed by atoms with van der Waals surface area (Å²) in [7, 11) is 3.53. The van der Waals surface area contributed by atoms with Crippen LogP contribution < -0.4 is 4.74 Å². The molecule has 0 saturated carbocycles. The van der Waals surface area contributed by atoms with Crippen LogP contribution in [-0.2, 0) is 11.8 Å². The fourth-order valence-corrected chi connectivity index (χ4v) is 3.96. The largest absolute Gasteiger partial charge is 0.497 e. The molecule has 0 amide bonds. The fraction of sp³-hybridized carbons (Fsp3) is 0.174. The summed E-state index contributed by atoms with van der Waals surface area (Å²) in [4.78, 5) is 12.5. The average Bonchev–Trinajstić information content (AvgIpc) is 3.48. The van der Waals surface area contributed by atoms with E-state index in [-0.39, 0.29) is 6.61 Å². The maximum atomic E-state index is 14.1. The second-order valence-electron chi connectivity index (χ2n) is 7.27. The third kappa shape index (κ3) is 3.01. The number of nitrogens with zero attached hydrogens (tertiary/aromatic N) is 4. The lowest BCUT2D eigenvalue weighted by Crippen LogP contribution is -2.12. The molecule has 0 aliphatic carbocycles. The van der Waals surface area contributed by atoms with E-state index in [1.165, 1.54) is 22.8 Å². The van der Waals surface area contributed by atoms with Crippen LogP contribution in [0.1, 0.15) is 6.92 Å². The fourth-order valence-electron chi connectivity index (χ4n) is 3.96. The number of aromatic nitrogens is 4. The van der Waals surface area contributed by atoms with Crippen LogP contribution in [0.25, 0.3) is 44.3 Å². The summed E-state index contributed by atoms with van der Waals surface area (Å²) in [5.41, 5.74) is 3.59. The van der Waals surface area contributed by atoms with E-state index >= 15 is 0 Å². The van der Waals surface area contributed by atoms with Crippen molar-refractivity contribution in [3.05, 3.63) is 54.6 Å². The van der Waals surface area contributed by atoms with E-state index in [1.807, 2.05) is 36.0 Å². The topological polar surface area (TPSA) is 84.3 Å². The van der Waals surface area contributed by atoms with Gasteiger partial charge >= 0.3 is 6.09 Å². The lowest BCUT2D eigenvalue weighted by molar-refractivity contribution is 0.155. The van der Waals surface area contributed by atoms with E-state index in [2.05, 4.69) is 10.3 Å². The van der Waals surface area contributed by atoms with E-state index < -0.39 is 11.9 Å². The first kappa shape index (κ1) is 19.8. The van der Waals surface area contributed by atoms with Crippen LogP contribution in [0, 0.1) is 5.82 Å². The molecule has 2 aromatic carbocycles. The molecule has 162 valence electrons. The number of methoxy groups -OCH3 is 1. The van der Waals surface area contributed by atoms with Crippen molar-refractivity contribution in [1.29, 1.82) is 0 Å². The number of ether oxygens (including phenoxy) is 2. The molecule has 8 nitrogen and oxygen atoms in total. The zero-order valence-corrected chi connectivity index (χ0v) is 17.6. The van der Waals surface area contributed by atoms with Gasteiger partial charge in [-0.1, -0.05) is 0 Å². The van der Waals surface area contributed by atoms with Crippen LogP contribution >= 0.6 is 0 Å². The molecule has 0 aliphatic heterocycles. The second kappa shape index (κ2) is 7.52. The number of aryl methyl sites for hydroxylation is 1. The minimum Gasteiger partial charge on any atom is -0.497 e. The van der Waals surface area contributed by atoms with E-state index in [4.69, 9.17) is 14.1 Å². The molecular formula is C23H19FN4O4. The summed E-state index contributed by atoms with van der Waals surface area (Å²) >= 11 is 0. The normalized spacial score (nSPS) is 11.4. The number of fused-ring (bicyclic) bond motifs is 2. The van der Waals surface area contributed by atoms with Crippen molar-refractivity contribution in [3.63, 3.8) is 0 Å². The Balaban J connectivity index is 1.75. The van der Waals surface area contributed by atoms with Gasteiger partial charge in [0.25, 0.3) is 0 Å². The minimum atomic E-state index is -0.566. The van der Waals surface area contributed by atoms with Crippen LogP contribution in [0.15, 0.2) is 53.4 Å². The smallest absolute Gasteiger partial charge is 0.418 e. The van der Waals surface area contributed by atoms with Crippen LogP contribution in [0.3, 0.4) is 0 Å². The summed E-state index contributed by atoms with van der Waals surface area (Å²) in [6, 6.07) is 9.91. The van der Waals surface area contributed by atoms with Gasteiger partial charge in [0.15, 0.2) is 0 Å². The molecule has 3 aromatic heterocycles. The van der Waals surface area contributed by atoms with Crippen molar-refractivity contribution in [1.82, 2.24) is 19.4 Å². The van der Waals surface area contributed by atoms with Gasteiger partial charge in [-0.2, -0.15) is 0 Å². The van der Waals surface area contributed by atoms with Gasteiger partial charge in [-0.15, -0.1) is 0 Å². The Kier molecular flexibility index (Phi) is 4.66. The zero-order chi connectivity index (χ0) is 22.4. The molecule has 32 heavy (non-hydrogen) atoms. The van der Waals surface area contributed by atoms with Crippen molar-refractivity contribution >= 4 is 27.9 Å². The first-order chi connectivity index (χ1) is 15.5. The molecule has 9 heteroatoms. The number of benzene rings is 2. The predicted molar refractivity (Wildman–Crippen MR) is 116 cm³/mol. The number of halogens is 1. The quantitative estimate of drug-likeness (QED) is 0.396. The van der Waals surface area contributed by atoms with Gasteiger partial charge in [-0.05, 0) is 53.6 Å². The number of rotatable bonds is 4. The van der Waals surface area contributed by atoms with Crippen LogP contribution in [0.2, 0.25) is 0 Å². The molecule has 0 fully saturated rings. The average molecular weight is 434 g/mol. The molecule has 0 saturated heterocycles. The Morgan fingerprint density at radius 1 is 1.03 bits per heavy atom. The SMILES string of the molecule is CCOC(=O)n1cc(-c2nonc2-c2cn(C)c3ccc(OC)cc23)c2cc(F)ccc21. The van der Waals surface area contributed by atoms with E-state index in [0.29, 0.717) is 33.6 Å². The summed E-state index contributed by atoms with van der Waals surface area (Å²) in [5, 5.41) is 9.63. The molecular weight excluding hydrogens is 415 g/mol. The summed E-state index contributed by atoms with van der Waals surface area (Å²) in [6.07, 6.45) is 2.91. The molecule has 0 N–H and O–H groups in total. The Morgan fingerprint density at radius 2 is 1.72 bits per heavy atom. The lowest BCUT2D eigenvalue weighted by atomic mass is 10.0. The highest BCUT2D eigenvalue weighted by atomic mass is 19.1. The van der Waals surface area contributed by atoms with Crippen molar-refractivity contribution in [2.75, 3.05) is 13.7 Å². The van der Waals surface area contributed by atoms with Gasteiger partial charge in [-0.3, -0.25) is 4.57 Å². The monoisotopic (exact) mass is 434 g/mol. The molecule has 0 atom stereocenters. The molecule has 3 heterocycles. The van der Waals surface area contributed by atoms with E-state index in [0.717, 1.165) is 16.5 Å². The molecule has 0 radical (unpaired) electrons. The third-order valence-electron chi connectivity index (χ3n) is 5.43. The standard InChI is InChI=1S/C23H19FN4O4/c1-4-31-23(29)28-12-18(15-9-13(24)5-7-20(15)28)22-21(25-32-26-22)17-11-27(2)19-8-6-14(30-3)10-16(17)19/h5-12H,4H2,1-3H3. The van der Waals surface area contributed by atoms with Gasteiger partial charge in [0.2, 0.25) is 0 Å². The highest BCUT2D eigenvalue weighted by Crippen LogP contribution is 2.39. The summed E-state index contributed by atoms with van der Waals surface area (Å²) in [5.74, 6) is 0.261. The Hall–Kier alpha value is -4.14. The second-order valence-corrected chi connectivity index (χ2v) is 7.27. The van der Waals surface area contributed by atoms with Crippen molar-refractivity contribution in [3.8, 4) is 28.3 Å². The molecule has 5 rings (SSSR count). The molecule has 0 bridgehead atoms. The Morgan fingerprint density at radius 3 is 2.44 bits per heavy atom. The van der Waals surface area contributed by atoms with Gasteiger partial charge in [0.05, 0.1) is 19.2 Å². The van der Waals surface area contributed by atoms with Crippen molar-refractivity contribution in [2.24, 2.45) is 7.05 Å². The first-order valence-electron chi connectivity index (χ1n) is 9.96. The third-order valence-corrected chi connectivity index (χ3v) is 5.43. The molecule has 0 aliphatic rings. The van der Waals surface area contributed by atoms with Gasteiger partial charge in [0, 0.05) is 46.9 Å². The van der Waals surface area contributed by atoms with Crippen LogP contribution in [-0.4, -0.2) is 39.3 Å². The molecule has 5 aromatic rings. The predicted octanol–water partition coefficient (Wildman–Crippen LogP) is 5.00. The zero-order valence-electron chi connectivity index (χ0n) is 17.6. The molecule has 0 unspecified atom stereocenters. The minimum absolute atomic E-state index is 0.212. The molecule has 0 spiro atoms. The lowest BCUT2D eigenvalue weighted by Gasteiger charge is -2.03. The van der Waals surface area contributed by atoms with E-state index in [1.54, 1.807) is 20.2 Å². The van der Waals surface area contributed by atoms with Crippen molar-refractivity contribution in [2.45, 2.75) is 6.92 Å². The first-order valence-corrected chi connectivity index (χ1v) is 9.96. The number of carbonyl (C=O) groups is 1. The highest BCUT2D eigenvalue weighted by Gasteiger charge is 2.24.